The van der Waals surface area contributed by atoms with Crippen LogP contribution in [0, 0.1) is 0 Å². The second kappa shape index (κ2) is 10.4. The van der Waals surface area contributed by atoms with Gasteiger partial charge in [0.25, 0.3) is 0 Å². The Morgan fingerprint density at radius 2 is 1.56 bits per heavy atom. The van der Waals surface area contributed by atoms with Gasteiger partial charge in [-0.2, -0.15) is 0 Å². The molecule has 1 aromatic rings. The summed E-state index contributed by atoms with van der Waals surface area (Å²) in [5.41, 5.74) is 6.19. The average Bonchev–Trinajstić information content (AvgIpc) is 2.50. The first-order valence-corrected chi connectivity index (χ1v) is 9.54. The Labute approximate surface area is 155 Å². The molecule has 140 valence electrons. The van der Waals surface area contributed by atoms with Gasteiger partial charge < -0.3 is 10.6 Å². The van der Waals surface area contributed by atoms with Crippen molar-refractivity contribution in [2.75, 3.05) is 18.4 Å². The van der Waals surface area contributed by atoms with Crippen LogP contribution in [0.15, 0.2) is 35.0 Å². The second-order valence-electron chi connectivity index (χ2n) is 7.71. The molecule has 3 nitrogen and oxygen atoms in total. The van der Waals surface area contributed by atoms with Gasteiger partial charge in [-0.3, -0.25) is 4.99 Å². The van der Waals surface area contributed by atoms with Gasteiger partial charge in [0.15, 0.2) is 0 Å². The number of nitrogens with one attached hydrogen (secondary N) is 2. The molecule has 25 heavy (non-hydrogen) atoms. The summed E-state index contributed by atoms with van der Waals surface area (Å²) in [6.07, 6.45) is 2.14. The van der Waals surface area contributed by atoms with Crippen molar-refractivity contribution < 1.29 is 0 Å². The van der Waals surface area contributed by atoms with E-state index >= 15 is 0 Å². The van der Waals surface area contributed by atoms with Crippen molar-refractivity contribution in [1.29, 1.82) is 0 Å². The van der Waals surface area contributed by atoms with Crippen LogP contribution in [0.4, 0.5) is 5.69 Å². The zero-order chi connectivity index (χ0) is 19.0. The third kappa shape index (κ3) is 7.43. The molecule has 0 radical (unpaired) electrons. The highest BCUT2D eigenvalue weighted by atomic mass is 14.9. The fraction of sp³-hybridized carbons (Fsp3) is 0.591. The molecule has 0 saturated carbocycles. The quantitative estimate of drug-likeness (QED) is 0.445. The van der Waals surface area contributed by atoms with E-state index in [9.17, 15) is 0 Å². The van der Waals surface area contributed by atoms with Crippen molar-refractivity contribution in [1.82, 2.24) is 5.32 Å². The highest BCUT2D eigenvalue weighted by Gasteiger charge is 2.13. The second-order valence-corrected chi connectivity index (χ2v) is 7.71. The largest absolute Gasteiger partial charge is 0.359 e. The molecular formula is C22H37N3. The van der Waals surface area contributed by atoms with E-state index in [1.807, 2.05) is 0 Å². The minimum Gasteiger partial charge on any atom is -0.359 e. The summed E-state index contributed by atoms with van der Waals surface area (Å²) in [5, 5.41) is 7.04. The highest BCUT2D eigenvalue weighted by molar-refractivity contribution is 5.93. The fourth-order valence-electron chi connectivity index (χ4n) is 2.87. The van der Waals surface area contributed by atoms with Crippen LogP contribution < -0.4 is 10.6 Å². The molecule has 0 aliphatic heterocycles. The summed E-state index contributed by atoms with van der Waals surface area (Å²) in [6, 6.07) is 7.13. The van der Waals surface area contributed by atoms with E-state index in [-0.39, 0.29) is 0 Å². The molecule has 0 aliphatic carbocycles. The maximum atomic E-state index is 4.63. The number of hydrogen-bond donors (Lipinski definition) is 2. The van der Waals surface area contributed by atoms with E-state index in [0.29, 0.717) is 17.9 Å². The van der Waals surface area contributed by atoms with Crippen LogP contribution in [-0.4, -0.2) is 24.8 Å². The summed E-state index contributed by atoms with van der Waals surface area (Å²) in [6.45, 7) is 19.2. The molecule has 0 heterocycles. The Kier molecular flexibility index (Phi) is 8.91. The molecule has 2 N–H and O–H groups in total. The number of allylic oxidation sites excluding steroid dienone is 2. The smallest absolute Gasteiger partial charge is 0.0517 e. The van der Waals surface area contributed by atoms with Gasteiger partial charge in [0.2, 0.25) is 0 Å². The number of anilines is 1. The predicted octanol–water partition coefficient (Wildman–Crippen LogP) is 5.71. The van der Waals surface area contributed by atoms with E-state index < -0.39 is 0 Å². The van der Waals surface area contributed by atoms with Gasteiger partial charge in [-0.15, -0.1) is 0 Å². The third-order valence-electron chi connectivity index (χ3n) is 4.15. The third-order valence-corrected chi connectivity index (χ3v) is 4.15. The van der Waals surface area contributed by atoms with Crippen LogP contribution >= 0.6 is 0 Å². The van der Waals surface area contributed by atoms with Crippen LogP contribution in [-0.2, 0) is 0 Å². The molecule has 1 rings (SSSR count). The number of aliphatic imine (C=N–C) groups is 1. The maximum absolute atomic E-state index is 4.63. The summed E-state index contributed by atoms with van der Waals surface area (Å²) in [5.74, 6) is 0.983. The summed E-state index contributed by atoms with van der Waals surface area (Å²) in [7, 11) is 0. The van der Waals surface area contributed by atoms with Crippen LogP contribution in [0.2, 0.25) is 0 Å². The lowest BCUT2D eigenvalue weighted by molar-refractivity contribution is 0.596. The van der Waals surface area contributed by atoms with Gasteiger partial charge in [0.1, 0.15) is 0 Å². The SMILES string of the molecule is CC(/C=C(/C)Nc1c(C(C)C)cccc1C(C)C)=NCCNC(C)C. The van der Waals surface area contributed by atoms with Crippen molar-refractivity contribution >= 4 is 11.4 Å². The van der Waals surface area contributed by atoms with Crippen molar-refractivity contribution in [3.05, 3.63) is 41.1 Å². The molecular weight excluding hydrogens is 306 g/mol. The molecule has 0 aliphatic rings. The normalized spacial score (nSPS) is 13.2. The first-order valence-electron chi connectivity index (χ1n) is 9.54. The Morgan fingerprint density at radius 1 is 1.00 bits per heavy atom. The van der Waals surface area contributed by atoms with E-state index in [1.165, 1.54) is 16.8 Å². The van der Waals surface area contributed by atoms with Gasteiger partial charge in [0, 0.05) is 29.7 Å². The number of hydrogen-bond acceptors (Lipinski definition) is 3. The molecule has 3 heteroatoms. The first-order chi connectivity index (χ1) is 11.7. The molecule has 0 aromatic heterocycles. The lowest BCUT2D eigenvalue weighted by Crippen LogP contribution is -2.25. The lowest BCUT2D eigenvalue weighted by atomic mass is 9.92. The molecule has 0 unspecified atom stereocenters. The van der Waals surface area contributed by atoms with E-state index in [0.717, 1.165) is 24.5 Å². The molecule has 0 amide bonds. The summed E-state index contributed by atoms with van der Waals surface area (Å²) >= 11 is 0. The number of nitrogens with zero attached hydrogens (tertiary/aromatic N) is 1. The summed E-state index contributed by atoms with van der Waals surface area (Å²) < 4.78 is 0. The molecule has 0 bridgehead atoms. The molecule has 0 atom stereocenters. The van der Waals surface area contributed by atoms with Gasteiger partial charge >= 0.3 is 0 Å². The maximum Gasteiger partial charge on any atom is 0.0517 e. The number of para-hydroxylation sites is 1. The minimum atomic E-state index is 0.492. The lowest BCUT2D eigenvalue weighted by Gasteiger charge is -2.21. The monoisotopic (exact) mass is 343 g/mol. The molecule has 0 spiro atoms. The standard InChI is InChI=1S/C22H37N3/c1-15(2)20-10-9-11-21(16(3)4)22(20)25-19(8)14-18(7)24-13-12-23-17(5)6/h9-11,14-17,23,25H,12-13H2,1-8H3/b19-14-,24-18?. The van der Waals surface area contributed by atoms with Crippen LogP contribution in [0.5, 0.6) is 0 Å². The van der Waals surface area contributed by atoms with Gasteiger partial charge in [0.05, 0.1) is 6.54 Å². The molecule has 0 saturated heterocycles. The zero-order valence-electron chi connectivity index (χ0n) is 17.4. The number of rotatable bonds is 9. The average molecular weight is 344 g/mol. The van der Waals surface area contributed by atoms with Gasteiger partial charge in [-0.25, -0.2) is 0 Å². The first kappa shape index (κ1) is 21.4. The van der Waals surface area contributed by atoms with Crippen molar-refractivity contribution in [2.24, 2.45) is 4.99 Å². The van der Waals surface area contributed by atoms with Crippen molar-refractivity contribution in [2.45, 2.75) is 73.3 Å². The Balaban J connectivity index is 2.91. The van der Waals surface area contributed by atoms with E-state index in [4.69, 9.17) is 0 Å². The minimum absolute atomic E-state index is 0.492. The van der Waals surface area contributed by atoms with E-state index in [2.05, 4.69) is 95.3 Å². The van der Waals surface area contributed by atoms with Gasteiger partial charge in [-0.1, -0.05) is 59.7 Å². The Hall–Kier alpha value is -1.61. The fourth-order valence-corrected chi connectivity index (χ4v) is 2.87. The van der Waals surface area contributed by atoms with Crippen LogP contribution in [0.3, 0.4) is 0 Å². The molecule has 0 fully saturated rings. The topological polar surface area (TPSA) is 36.4 Å². The van der Waals surface area contributed by atoms with Crippen molar-refractivity contribution in [3.63, 3.8) is 0 Å². The van der Waals surface area contributed by atoms with Crippen molar-refractivity contribution in [3.8, 4) is 0 Å². The Morgan fingerprint density at radius 3 is 2.04 bits per heavy atom. The highest BCUT2D eigenvalue weighted by Crippen LogP contribution is 2.33. The zero-order valence-corrected chi connectivity index (χ0v) is 17.4. The van der Waals surface area contributed by atoms with E-state index in [1.54, 1.807) is 0 Å². The summed E-state index contributed by atoms with van der Waals surface area (Å²) in [4.78, 5) is 4.63. The number of benzene rings is 1. The molecule has 1 aromatic carbocycles. The van der Waals surface area contributed by atoms with Gasteiger partial charge in [-0.05, 0) is 42.9 Å². The Bertz CT molecular complexity index is 569. The van der Waals surface area contributed by atoms with Crippen LogP contribution in [0.25, 0.3) is 0 Å². The van der Waals surface area contributed by atoms with Crippen LogP contribution in [0.1, 0.15) is 78.4 Å². The predicted molar refractivity (Wildman–Crippen MR) is 113 cm³/mol.